The standard InChI is InChI=1S/C11H20N2O6S/c1-20(18,19)13-6-3-2-4-9(13)10(15)12-8(5-7-14)11(16)17/h8-9,14H,2-7H2,1H3,(H,12,15)(H,16,17)/t8-,9?/m1/s1. The van der Waals surface area contributed by atoms with Crippen molar-refractivity contribution in [3.05, 3.63) is 0 Å². The van der Waals surface area contributed by atoms with Crippen LogP contribution in [0.4, 0.5) is 0 Å². The third-order valence-corrected chi connectivity index (χ3v) is 4.50. The maximum Gasteiger partial charge on any atom is 0.326 e. The molecule has 1 aliphatic rings. The molecule has 0 aromatic rings. The molecule has 2 atom stereocenters. The molecule has 0 aromatic carbocycles. The van der Waals surface area contributed by atoms with Crippen LogP contribution in [0.25, 0.3) is 0 Å². The molecule has 1 rings (SSSR count). The lowest BCUT2D eigenvalue weighted by Gasteiger charge is -2.33. The van der Waals surface area contributed by atoms with E-state index in [0.29, 0.717) is 19.3 Å². The predicted octanol–water partition coefficient (Wildman–Crippen LogP) is -1.25. The Hall–Kier alpha value is -1.19. The minimum atomic E-state index is -3.51. The normalized spacial score (nSPS) is 22.2. The number of aliphatic hydroxyl groups is 1. The molecule has 8 nitrogen and oxygen atoms in total. The first-order valence-electron chi connectivity index (χ1n) is 6.38. The van der Waals surface area contributed by atoms with Crippen LogP contribution in [0.3, 0.4) is 0 Å². The Morgan fingerprint density at radius 2 is 2.05 bits per heavy atom. The summed E-state index contributed by atoms with van der Waals surface area (Å²) in [5.74, 6) is -1.88. The number of carboxylic acids is 1. The van der Waals surface area contributed by atoms with Gasteiger partial charge in [-0.3, -0.25) is 4.79 Å². The number of amides is 1. The minimum absolute atomic E-state index is 0.118. The number of nitrogens with zero attached hydrogens (tertiary/aromatic N) is 1. The summed E-state index contributed by atoms with van der Waals surface area (Å²) in [6.07, 6.45) is 2.66. The Morgan fingerprint density at radius 1 is 1.40 bits per heavy atom. The Kier molecular flexibility index (Phi) is 5.90. The molecule has 1 heterocycles. The number of carboxylic acid groups (broad SMARTS) is 1. The van der Waals surface area contributed by atoms with Crippen molar-refractivity contribution in [2.24, 2.45) is 0 Å². The zero-order valence-electron chi connectivity index (χ0n) is 11.3. The number of carbonyl (C=O) groups excluding carboxylic acids is 1. The van der Waals surface area contributed by atoms with E-state index in [0.717, 1.165) is 10.6 Å². The van der Waals surface area contributed by atoms with Crippen LogP contribution in [0.1, 0.15) is 25.7 Å². The van der Waals surface area contributed by atoms with Gasteiger partial charge in [0.1, 0.15) is 12.1 Å². The van der Waals surface area contributed by atoms with E-state index in [1.165, 1.54) is 0 Å². The van der Waals surface area contributed by atoms with Gasteiger partial charge in [-0.25, -0.2) is 13.2 Å². The van der Waals surface area contributed by atoms with E-state index in [-0.39, 0.29) is 19.6 Å². The van der Waals surface area contributed by atoms with E-state index >= 15 is 0 Å². The molecule has 1 fully saturated rings. The number of piperidine rings is 1. The maximum absolute atomic E-state index is 12.1. The summed E-state index contributed by atoms with van der Waals surface area (Å²) in [6.45, 7) is -0.119. The molecule has 1 amide bonds. The number of nitrogens with one attached hydrogen (secondary N) is 1. The number of rotatable bonds is 6. The van der Waals surface area contributed by atoms with Crippen LogP contribution in [0.15, 0.2) is 0 Å². The molecule has 0 bridgehead atoms. The first-order chi connectivity index (χ1) is 9.27. The van der Waals surface area contributed by atoms with Gasteiger partial charge < -0.3 is 15.5 Å². The van der Waals surface area contributed by atoms with Crippen molar-refractivity contribution in [2.75, 3.05) is 19.4 Å². The van der Waals surface area contributed by atoms with Crippen LogP contribution < -0.4 is 5.32 Å². The van der Waals surface area contributed by atoms with Crippen LogP contribution in [-0.4, -0.2) is 66.3 Å². The third kappa shape index (κ3) is 4.43. The summed E-state index contributed by atoms with van der Waals surface area (Å²) in [5.41, 5.74) is 0. The Bertz CT molecular complexity index is 464. The molecule has 20 heavy (non-hydrogen) atoms. The molecule has 1 aliphatic heterocycles. The van der Waals surface area contributed by atoms with Crippen molar-refractivity contribution >= 4 is 21.9 Å². The molecular weight excluding hydrogens is 288 g/mol. The van der Waals surface area contributed by atoms with Gasteiger partial charge in [-0.05, 0) is 12.8 Å². The predicted molar refractivity (Wildman–Crippen MR) is 70.5 cm³/mol. The summed E-state index contributed by atoms with van der Waals surface area (Å²) in [4.78, 5) is 23.0. The maximum atomic E-state index is 12.1. The monoisotopic (exact) mass is 308 g/mol. The number of aliphatic hydroxyl groups excluding tert-OH is 1. The highest BCUT2D eigenvalue weighted by Crippen LogP contribution is 2.20. The van der Waals surface area contributed by atoms with Crippen molar-refractivity contribution in [1.82, 2.24) is 9.62 Å². The Balaban J connectivity index is 2.80. The topological polar surface area (TPSA) is 124 Å². The zero-order valence-corrected chi connectivity index (χ0v) is 12.1. The molecule has 0 aliphatic carbocycles. The van der Waals surface area contributed by atoms with Crippen LogP contribution >= 0.6 is 0 Å². The van der Waals surface area contributed by atoms with Gasteiger partial charge in [-0.15, -0.1) is 0 Å². The van der Waals surface area contributed by atoms with E-state index in [4.69, 9.17) is 10.2 Å². The summed E-state index contributed by atoms with van der Waals surface area (Å²) in [5, 5.41) is 20.0. The average Bonchev–Trinajstić information content (AvgIpc) is 2.37. The van der Waals surface area contributed by atoms with Crippen molar-refractivity contribution < 1.29 is 28.2 Å². The molecule has 1 unspecified atom stereocenters. The second-order valence-electron chi connectivity index (χ2n) is 4.80. The molecular formula is C11H20N2O6S. The lowest BCUT2D eigenvalue weighted by molar-refractivity contribution is -0.143. The molecule has 0 saturated carbocycles. The minimum Gasteiger partial charge on any atom is -0.480 e. The van der Waals surface area contributed by atoms with Crippen LogP contribution in [0.5, 0.6) is 0 Å². The number of hydrogen-bond donors (Lipinski definition) is 3. The second kappa shape index (κ2) is 7.00. The highest BCUT2D eigenvalue weighted by molar-refractivity contribution is 7.88. The van der Waals surface area contributed by atoms with E-state index in [2.05, 4.69) is 5.32 Å². The second-order valence-corrected chi connectivity index (χ2v) is 6.73. The van der Waals surface area contributed by atoms with E-state index in [1.54, 1.807) is 0 Å². The summed E-state index contributed by atoms with van der Waals surface area (Å²) in [6, 6.07) is -2.09. The van der Waals surface area contributed by atoms with Crippen molar-refractivity contribution in [3.63, 3.8) is 0 Å². The Morgan fingerprint density at radius 3 is 2.55 bits per heavy atom. The van der Waals surface area contributed by atoms with Gasteiger partial charge in [0.15, 0.2) is 0 Å². The fourth-order valence-corrected chi connectivity index (χ4v) is 3.34. The fourth-order valence-electron chi connectivity index (χ4n) is 2.22. The highest BCUT2D eigenvalue weighted by Gasteiger charge is 2.35. The van der Waals surface area contributed by atoms with Gasteiger partial charge in [0.25, 0.3) is 0 Å². The van der Waals surface area contributed by atoms with Crippen LogP contribution in [0, 0.1) is 0 Å². The molecule has 0 spiro atoms. The highest BCUT2D eigenvalue weighted by atomic mass is 32.2. The first kappa shape index (κ1) is 16.9. The first-order valence-corrected chi connectivity index (χ1v) is 8.23. The van der Waals surface area contributed by atoms with Gasteiger partial charge >= 0.3 is 5.97 Å². The smallest absolute Gasteiger partial charge is 0.326 e. The summed E-state index contributed by atoms with van der Waals surface area (Å²) < 4.78 is 24.4. The summed E-state index contributed by atoms with van der Waals surface area (Å²) >= 11 is 0. The largest absolute Gasteiger partial charge is 0.480 e. The summed E-state index contributed by atoms with van der Waals surface area (Å²) in [7, 11) is -3.51. The van der Waals surface area contributed by atoms with Crippen LogP contribution in [-0.2, 0) is 19.6 Å². The zero-order chi connectivity index (χ0) is 15.3. The van der Waals surface area contributed by atoms with Crippen molar-refractivity contribution in [3.8, 4) is 0 Å². The molecule has 9 heteroatoms. The number of hydrogen-bond acceptors (Lipinski definition) is 5. The van der Waals surface area contributed by atoms with Crippen molar-refractivity contribution in [1.29, 1.82) is 0 Å². The molecule has 3 N–H and O–H groups in total. The van der Waals surface area contributed by atoms with Gasteiger partial charge in [0.2, 0.25) is 15.9 Å². The Labute approximate surface area is 117 Å². The molecule has 0 aromatic heterocycles. The lowest BCUT2D eigenvalue weighted by Crippen LogP contribution is -2.54. The third-order valence-electron chi connectivity index (χ3n) is 3.21. The number of sulfonamides is 1. The number of aliphatic carboxylic acids is 1. The SMILES string of the molecule is CS(=O)(=O)N1CCCCC1C(=O)N[C@H](CCO)C(=O)O. The van der Waals surface area contributed by atoms with Gasteiger partial charge in [0.05, 0.1) is 6.26 Å². The van der Waals surface area contributed by atoms with Crippen molar-refractivity contribution in [2.45, 2.75) is 37.8 Å². The molecule has 0 radical (unpaired) electrons. The molecule has 1 saturated heterocycles. The number of carbonyl (C=O) groups is 2. The lowest BCUT2D eigenvalue weighted by atomic mass is 10.0. The van der Waals surface area contributed by atoms with Crippen LogP contribution in [0.2, 0.25) is 0 Å². The van der Waals surface area contributed by atoms with E-state index in [1.807, 2.05) is 0 Å². The van der Waals surface area contributed by atoms with E-state index < -0.39 is 34.0 Å². The average molecular weight is 308 g/mol. The van der Waals surface area contributed by atoms with E-state index in [9.17, 15) is 18.0 Å². The molecule has 116 valence electrons. The van der Waals surface area contributed by atoms with Gasteiger partial charge in [-0.1, -0.05) is 6.42 Å². The van der Waals surface area contributed by atoms with Gasteiger partial charge in [-0.2, -0.15) is 4.31 Å². The fraction of sp³-hybridized carbons (Fsp3) is 0.818. The van der Waals surface area contributed by atoms with Gasteiger partial charge in [0, 0.05) is 19.6 Å². The quantitative estimate of drug-likeness (QED) is 0.563.